The van der Waals surface area contributed by atoms with E-state index < -0.39 is 11.7 Å². The Balaban J connectivity index is 1.92. The molecule has 7 heteroatoms. The average molecular weight is 335 g/mol. The Kier molecular flexibility index (Phi) is 4.04. The normalized spacial score (nSPS) is 13.3. The van der Waals surface area contributed by atoms with Gasteiger partial charge in [0.1, 0.15) is 0 Å². The van der Waals surface area contributed by atoms with E-state index in [2.05, 4.69) is 10.2 Å². The van der Waals surface area contributed by atoms with Crippen molar-refractivity contribution in [3.8, 4) is 0 Å². The summed E-state index contributed by atoms with van der Waals surface area (Å²) in [6.07, 6.45) is -3.04. The largest absolute Gasteiger partial charge is 0.416 e. The smallest absolute Gasteiger partial charge is 0.318 e. The molecule has 1 aromatic heterocycles. The fraction of sp³-hybridized carbons (Fsp3) is 0.125. The summed E-state index contributed by atoms with van der Waals surface area (Å²) in [5.74, 6) is 0. The van der Waals surface area contributed by atoms with E-state index in [0.717, 1.165) is 22.3 Å². The molecule has 1 heterocycles. The Hall–Kier alpha value is -2.41. The Labute approximate surface area is 134 Å². The molecule has 3 nitrogen and oxygen atoms in total. The summed E-state index contributed by atoms with van der Waals surface area (Å²) in [5, 5.41) is 8.01. The highest BCUT2D eigenvalue weighted by molar-refractivity contribution is 7.16. The quantitative estimate of drug-likeness (QED) is 0.496. The summed E-state index contributed by atoms with van der Waals surface area (Å²) in [6.45, 7) is 0. The van der Waals surface area contributed by atoms with Gasteiger partial charge in [0.25, 0.3) is 0 Å². The van der Waals surface area contributed by atoms with E-state index in [1.165, 1.54) is 23.6 Å². The van der Waals surface area contributed by atoms with Crippen LogP contribution in [0, 0.1) is 0 Å². The van der Waals surface area contributed by atoms with E-state index >= 15 is 0 Å². The minimum Gasteiger partial charge on any atom is -0.318 e. The minimum atomic E-state index is -4.36. The number of rotatable bonds is 2. The predicted molar refractivity (Wildman–Crippen MR) is 85.4 cm³/mol. The summed E-state index contributed by atoms with van der Waals surface area (Å²) < 4.78 is 40.9. The molecule has 0 radical (unpaired) electrons. The molecule has 2 aromatic carbocycles. The number of aromatic nitrogens is 1. The summed E-state index contributed by atoms with van der Waals surface area (Å²) in [4.78, 5) is 0.675. The van der Waals surface area contributed by atoms with Crippen LogP contribution < -0.4 is 4.80 Å². The number of halogens is 3. The van der Waals surface area contributed by atoms with Crippen LogP contribution >= 0.6 is 11.3 Å². The van der Waals surface area contributed by atoms with Crippen LogP contribution in [0.3, 0.4) is 0 Å². The lowest BCUT2D eigenvalue weighted by Gasteiger charge is -2.06. The number of aryl methyl sites for hydroxylation is 1. The molecular formula is C16H12F3N3S. The van der Waals surface area contributed by atoms with Crippen LogP contribution in [-0.2, 0) is 13.2 Å². The van der Waals surface area contributed by atoms with Crippen molar-refractivity contribution < 1.29 is 13.2 Å². The zero-order chi connectivity index (χ0) is 16.4. The van der Waals surface area contributed by atoms with Crippen LogP contribution in [0.5, 0.6) is 0 Å². The van der Waals surface area contributed by atoms with Crippen LogP contribution in [0.15, 0.2) is 58.7 Å². The van der Waals surface area contributed by atoms with Gasteiger partial charge in [0, 0.05) is 7.05 Å². The second-order valence-corrected chi connectivity index (χ2v) is 5.89. The molecule has 0 saturated heterocycles. The molecule has 3 aromatic rings. The van der Waals surface area contributed by atoms with E-state index in [4.69, 9.17) is 0 Å². The highest BCUT2D eigenvalue weighted by Gasteiger charge is 2.30. The summed E-state index contributed by atoms with van der Waals surface area (Å²) in [5.41, 5.74) is 0.687. The van der Waals surface area contributed by atoms with Gasteiger partial charge in [-0.1, -0.05) is 35.6 Å². The van der Waals surface area contributed by atoms with Gasteiger partial charge in [0.05, 0.1) is 22.0 Å². The van der Waals surface area contributed by atoms with Crippen LogP contribution in [0.4, 0.5) is 13.2 Å². The van der Waals surface area contributed by atoms with Gasteiger partial charge in [-0.15, -0.1) is 5.10 Å². The molecule has 0 atom stereocenters. The molecule has 0 spiro atoms. The molecule has 23 heavy (non-hydrogen) atoms. The number of fused-ring (bicyclic) bond motifs is 1. The molecular weight excluding hydrogens is 323 g/mol. The molecule has 0 aliphatic rings. The first-order valence-corrected chi connectivity index (χ1v) is 7.56. The number of alkyl halides is 3. The zero-order valence-electron chi connectivity index (χ0n) is 12.1. The van der Waals surface area contributed by atoms with E-state index in [1.807, 2.05) is 35.9 Å². The predicted octanol–water partition coefficient (Wildman–Crippen LogP) is 4.19. The number of hydrogen-bond donors (Lipinski definition) is 0. The molecule has 118 valence electrons. The van der Waals surface area contributed by atoms with Crippen molar-refractivity contribution in [2.24, 2.45) is 17.3 Å². The SMILES string of the molecule is Cn1/c(=N\N=C\c2cccc(C(F)(F)F)c2)sc2ccccc21. The number of hydrogen-bond acceptors (Lipinski definition) is 3. The average Bonchev–Trinajstić information content (AvgIpc) is 2.84. The van der Waals surface area contributed by atoms with Gasteiger partial charge in [-0.3, -0.25) is 0 Å². The van der Waals surface area contributed by atoms with E-state index in [-0.39, 0.29) is 0 Å². The first-order valence-electron chi connectivity index (χ1n) is 6.74. The number of para-hydroxylation sites is 1. The van der Waals surface area contributed by atoms with Crippen molar-refractivity contribution >= 4 is 27.8 Å². The molecule has 0 amide bonds. The highest BCUT2D eigenvalue weighted by Crippen LogP contribution is 2.29. The maximum Gasteiger partial charge on any atom is 0.416 e. The van der Waals surface area contributed by atoms with Crippen molar-refractivity contribution in [1.29, 1.82) is 0 Å². The van der Waals surface area contributed by atoms with Crippen LogP contribution in [0.1, 0.15) is 11.1 Å². The molecule has 0 aliphatic heterocycles. The maximum absolute atomic E-state index is 12.7. The maximum atomic E-state index is 12.7. The molecule has 0 N–H and O–H groups in total. The van der Waals surface area contributed by atoms with E-state index in [1.54, 1.807) is 6.07 Å². The molecule has 0 unspecified atom stereocenters. The van der Waals surface area contributed by atoms with Crippen LogP contribution in [0.25, 0.3) is 10.2 Å². The van der Waals surface area contributed by atoms with Gasteiger partial charge < -0.3 is 4.57 Å². The third-order valence-electron chi connectivity index (χ3n) is 3.28. The molecule has 3 rings (SSSR count). The van der Waals surface area contributed by atoms with Gasteiger partial charge in [0.15, 0.2) is 0 Å². The molecule has 0 fully saturated rings. The lowest BCUT2D eigenvalue weighted by molar-refractivity contribution is -0.137. The Morgan fingerprint density at radius 2 is 1.87 bits per heavy atom. The van der Waals surface area contributed by atoms with Gasteiger partial charge >= 0.3 is 6.18 Å². The monoisotopic (exact) mass is 335 g/mol. The van der Waals surface area contributed by atoms with Gasteiger partial charge in [0.2, 0.25) is 4.80 Å². The lowest BCUT2D eigenvalue weighted by atomic mass is 10.1. The number of nitrogens with zero attached hydrogens (tertiary/aromatic N) is 3. The standard InChI is InChI=1S/C16H12F3N3S/c1-22-13-7-2-3-8-14(13)23-15(22)21-20-10-11-5-4-6-12(9-11)16(17,18)19/h2-10H,1H3/b20-10+,21-15+. The van der Waals surface area contributed by atoms with Crippen molar-refractivity contribution in [3.63, 3.8) is 0 Å². The Morgan fingerprint density at radius 3 is 2.61 bits per heavy atom. The van der Waals surface area contributed by atoms with Gasteiger partial charge in [-0.2, -0.15) is 18.3 Å². The topological polar surface area (TPSA) is 29.6 Å². The van der Waals surface area contributed by atoms with Crippen molar-refractivity contribution in [2.45, 2.75) is 6.18 Å². The minimum absolute atomic E-state index is 0.354. The van der Waals surface area contributed by atoms with Crippen molar-refractivity contribution in [2.75, 3.05) is 0 Å². The fourth-order valence-corrected chi connectivity index (χ4v) is 3.09. The molecule has 0 bridgehead atoms. The van der Waals surface area contributed by atoms with Crippen LogP contribution in [0.2, 0.25) is 0 Å². The van der Waals surface area contributed by atoms with Crippen molar-refractivity contribution in [1.82, 2.24) is 4.57 Å². The number of benzene rings is 2. The van der Waals surface area contributed by atoms with E-state index in [0.29, 0.717) is 10.4 Å². The number of thiazole rings is 1. The van der Waals surface area contributed by atoms with Gasteiger partial charge in [-0.05, 0) is 29.8 Å². The highest BCUT2D eigenvalue weighted by atomic mass is 32.1. The molecule has 0 saturated carbocycles. The zero-order valence-corrected chi connectivity index (χ0v) is 12.9. The third-order valence-corrected chi connectivity index (χ3v) is 4.38. The van der Waals surface area contributed by atoms with E-state index in [9.17, 15) is 13.2 Å². The second kappa shape index (κ2) is 6.00. The Bertz CT molecular complexity index is 935. The fourth-order valence-electron chi connectivity index (χ4n) is 2.12. The summed E-state index contributed by atoms with van der Waals surface area (Å²) in [7, 11) is 1.87. The first-order chi connectivity index (χ1) is 10.9. The van der Waals surface area contributed by atoms with Crippen LogP contribution in [-0.4, -0.2) is 10.8 Å². The van der Waals surface area contributed by atoms with Crippen molar-refractivity contribution in [3.05, 3.63) is 64.5 Å². The Morgan fingerprint density at radius 1 is 1.09 bits per heavy atom. The third kappa shape index (κ3) is 3.34. The second-order valence-electron chi connectivity index (χ2n) is 4.88. The van der Waals surface area contributed by atoms with Gasteiger partial charge in [-0.25, -0.2) is 0 Å². The molecule has 0 aliphatic carbocycles. The lowest BCUT2D eigenvalue weighted by Crippen LogP contribution is -2.09. The summed E-state index contributed by atoms with van der Waals surface area (Å²) >= 11 is 1.47. The summed E-state index contributed by atoms with van der Waals surface area (Å²) in [6, 6.07) is 12.8. The first kappa shape index (κ1) is 15.5.